The van der Waals surface area contributed by atoms with E-state index in [1.165, 1.54) is 55.3 Å². The Morgan fingerprint density at radius 3 is 1.98 bits per heavy atom. The van der Waals surface area contributed by atoms with Crippen molar-refractivity contribution in [2.24, 2.45) is 0 Å². The molecule has 1 aliphatic heterocycles. The third kappa shape index (κ3) is 4.73. The summed E-state index contributed by atoms with van der Waals surface area (Å²) >= 11 is 0. The Kier molecular flexibility index (Phi) is 7.12. The van der Waals surface area contributed by atoms with Gasteiger partial charge in [0.25, 0.3) is 0 Å². The summed E-state index contributed by atoms with van der Waals surface area (Å²) < 4.78 is 11.5. The predicted octanol–water partition coefficient (Wildman–Crippen LogP) is 13.2. The maximum Gasteiger partial charge on any atom is 0.146 e. The molecule has 12 rings (SSSR count). The van der Waals surface area contributed by atoms with Gasteiger partial charge in [-0.15, -0.1) is 0 Å². The van der Waals surface area contributed by atoms with Crippen molar-refractivity contribution in [2.75, 3.05) is 0 Å². The SMILES string of the molecule is Cc1cc(C)c(-c2cn3c4ccccc4c4ccc(Oc5ccc6c(c5)-n5c7ncccc7c7cccc(c75)C6(c5ccccc5)c5ccccc5)cc4c3n2)c(C)c1. The first-order valence-corrected chi connectivity index (χ1v) is 20.2. The van der Waals surface area contributed by atoms with Gasteiger partial charge in [-0.25, -0.2) is 9.97 Å². The van der Waals surface area contributed by atoms with Crippen molar-refractivity contribution in [3.63, 3.8) is 0 Å². The monoisotopic (exact) mass is 758 g/mol. The maximum absolute atomic E-state index is 6.94. The van der Waals surface area contributed by atoms with Gasteiger partial charge >= 0.3 is 0 Å². The fourth-order valence-electron chi connectivity index (χ4n) is 10.3. The van der Waals surface area contributed by atoms with E-state index < -0.39 is 5.41 Å². The van der Waals surface area contributed by atoms with Gasteiger partial charge in [-0.05, 0) is 102 Å². The molecule has 0 bridgehead atoms. The van der Waals surface area contributed by atoms with Crippen molar-refractivity contribution in [1.82, 2.24) is 18.9 Å². The first-order chi connectivity index (χ1) is 29.0. The number of ether oxygens (including phenoxy) is 1. The minimum Gasteiger partial charge on any atom is -0.457 e. The zero-order chi connectivity index (χ0) is 39.4. The van der Waals surface area contributed by atoms with Crippen LogP contribution in [-0.2, 0) is 5.41 Å². The van der Waals surface area contributed by atoms with Gasteiger partial charge in [0.05, 0.1) is 27.8 Å². The van der Waals surface area contributed by atoms with E-state index in [1.807, 2.05) is 12.3 Å². The topological polar surface area (TPSA) is 44.4 Å². The Hall–Kier alpha value is -7.50. The van der Waals surface area contributed by atoms with Gasteiger partial charge in [-0.1, -0.05) is 121 Å². The van der Waals surface area contributed by atoms with E-state index in [1.54, 1.807) is 0 Å². The number of para-hydroxylation sites is 2. The van der Waals surface area contributed by atoms with Crippen LogP contribution in [0.25, 0.3) is 66.2 Å². The van der Waals surface area contributed by atoms with E-state index in [4.69, 9.17) is 14.7 Å². The summed E-state index contributed by atoms with van der Waals surface area (Å²) in [4.78, 5) is 10.4. The molecule has 0 atom stereocenters. The summed E-state index contributed by atoms with van der Waals surface area (Å²) in [7, 11) is 0. The van der Waals surface area contributed by atoms with Crippen molar-refractivity contribution < 1.29 is 4.74 Å². The van der Waals surface area contributed by atoms with E-state index in [2.05, 4.69) is 194 Å². The molecule has 0 radical (unpaired) electrons. The molecule has 7 aromatic carbocycles. The number of nitrogens with zero attached hydrogens (tertiary/aromatic N) is 4. The van der Waals surface area contributed by atoms with E-state index in [-0.39, 0.29) is 0 Å². The fourth-order valence-corrected chi connectivity index (χ4v) is 10.3. The summed E-state index contributed by atoms with van der Waals surface area (Å²) in [6, 6.07) is 58.9. The van der Waals surface area contributed by atoms with Crippen molar-refractivity contribution in [3.05, 3.63) is 215 Å². The van der Waals surface area contributed by atoms with Crippen LogP contribution in [0.4, 0.5) is 0 Å². The van der Waals surface area contributed by atoms with Crippen molar-refractivity contribution in [3.8, 4) is 28.4 Å². The molecule has 5 nitrogen and oxygen atoms in total. The third-order valence-electron chi connectivity index (χ3n) is 12.5. The molecule has 1 aliphatic rings. The van der Waals surface area contributed by atoms with Crippen LogP contribution in [0.3, 0.4) is 0 Å². The molecule has 0 saturated carbocycles. The van der Waals surface area contributed by atoms with Crippen LogP contribution < -0.4 is 4.74 Å². The summed E-state index contributed by atoms with van der Waals surface area (Å²) in [5.41, 5.74) is 15.2. The summed E-state index contributed by atoms with van der Waals surface area (Å²) in [6.07, 6.45) is 4.08. The Balaban J connectivity index is 1.08. The number of aryl methyl sites for hydroxylation is 3. The largest absolute Gasteiger partial charge is 0.457 e. The lowest BCUT2D eigenvalue weighted by Gasteiger charge is -2.41. The number of imidazole rings is 1. The third-order valence-corrected chi connectivity index (χ3v) is 12.5. The van der Waals surface area contributed by atoms with Crippen LogP contribution in [0.5, 0.6) is 11.5 Å². The van der Waals surface area contributed by atoms with Gasteiger partial charge in [0, 0.05) is 45.6 Å². The Morgan fingerprint density at radius 2 is 1.20 bits per heavy atom. The predicted molar refractivity (Wildman–Crippen MR) is 240 cm³/mol. The normalized spacial score (nSPS) is 13.1. The minimum absolute atomic E-state index is 0.595. The number of fused-ring (bicyclic) bond motifs is 11. The number of aromatic nitrogens is 4. The molecule has 0 fully saturated rings. The van der Waals surface area contributed by atoms with Gasteiger partial charge in [-0.2, -0.15) is 0 Å². The van der Waals surface area contributed by atoms with Crippen LogP contribution >= 0.6 is 0 Å². The smallest absolute Gasteiger partial charge is 0.146 e. The summed E-state index contributed by atoms with van der Waals surface area (Å²) in [5.74, 6) is 1.49. The van der Waals surface area contributed by atoms with Crippen molar-refractivity contribution in [1.29, 1.82) is 0 Å². The Bertz CT molecular complexity index is 3440. The molecular formula is C54H38N4O. The van der Waals surface area contributed by atoms with Gasteiger partial charge in [-0.3, -0.25) is 8.97 Å². The molecule has 0 spiro atoms. The molecule has 5 heteroatoms. The molecule has 0 N–H and O–H groups in total. The van der Waals surface area contributed by atoms with E-state index in [0.717, 1.165) is 61.4 Å². The molecule has 0 saturated heterocycles. The maximum atomic E-state index is 6.94. The number of hydrogen-bond acceptors (Lipinski definition) is 3. The lowest BCUT2D eigenvalue weighted by Crippen LogP contribution is -2.35. The van der Waals surface area contributed by atoms with Crippen LogP contribution in [-0.4, -0.2) is 18.9 Å². The van der Waals surface area contributed by atoms with E-state index in [9.17, 15) is 0 Å². The van der Waals surface area contributed by atoms with Gasteiger partial charge in [0.2, 0.25) is 0 Å². The summed E-state index contributed by atoms with van der Waals surface area (Å²) in [5, 5.41) is 5.65. The highest BCUT2D eigenvalue weighted by Crippen LogP contribution is 2.54. The molecular weight excluding hydrogens is 721 g/mol. The molecule has 0 aliphatic carbocycles. The van der Waals surface area contributed by atoms with Gasteiger partial charge in [0.1, 0.15) is 22.8 Å². The van der Waals surface area contributed by atoms with Crippen molar-refractivity contribution in [2.45, 2.75) is 26.2 Å². The van der Waals surface area contributed by atoms with E-state index >= 15 is 0 Å². The van der Waals surface area contributed by atoms with Gasteiger partial charge in [0.15, 0.2) is 0 Å². The average Bonchev–Trinajstić information content (AvgIpc) is 3.86. The van der Waals surface area contributed by atoms with E-state index in [0.29, 0.717) is 0 Å². The van der Waals surface area contributed by atoms with Crippen molar-refractivity contribution >= 4 is 49.3 Å². The second-order valence-corrected chi connectivity index (χ2v) is 16.0. The molecule has 0 amide bonds. The average molecular weight is 759 g/mol. The number of hydrogen-bond donors (Lipinski definition) is 0. The van der Waals surface area contributed by atoms with Crippen LogP contribution in [0.2, 0.25) is 0 Å². The molecule has 5 heterocycles. The number of rotatable bonds is 5. The molecule has 11 aromatic rings. The highest BCUT2D eigenvalue weighted by Gasteiger charge is 2.45. The molecule has 4 aromatic heterocycles. The molecule has 59 heavy (non-hydrogen) atoms. The lowest BCUT2D eigenvalue weighted by molar-refractivity contribution is 0.482. The quantitative estimate of drug-likeness (QED) is 0.164. The lowest BCUT2D eigenvalue weighted by atomic mass is 9.63. The first kappa shape index (κ1) is 33.6. The fraction of sp³-hybridized carbons (Fsp3) is 0.0741. The molecule has 280 valence electrons. The number of benzene rings is 7. The Labute approximate surface area is 341 Å². The zero-order valence-corrected chi connectivity index (χ0v) is 32.9. The minimum atomic E-state index is -0.595. The first-order valence-electron chi connectivity index (χ1n) is 20.2. The highest BCUT2D eigenvalue weighted by atomic mass is 16.5. The van der Waals surface area contributed by atoms with Crippen LogP contribution in [0.1, 0.15) is 38.9 Å². The van der Waals surface area contributed by atoms with Crippen LogP contribution in [0.15, 0.2) is 176 Å². The van der Waals surface area contributed by atoms with Gasteiger partial charge < -0.3 is 4.74 Å². The second kappa shape index (κ2) is 12.5. The standard InChI is InChI=1S/C54H38N4O/c1-33-28-34(2)50(35(3)29-33)47-32-57-48-22-11-10-18-41(48)40-25-23-38(30-44(40)53(57)56-47)59-39-24-26-45-49(31-39)58-51-42(43-20-13-27-55-52(43)58)19-12-21-46(51)54(45,36-14-6-4-7-15-36)37-16-8-5-9-17-37/h4-32H,1-3H3. The van der Waals surface area contributed by atoms with Crippen LogP contribution in [0, 0.1) is 20.8 Å². The highest BCUT2D eigenvalue weighted by molar-refractivity contribution is 6.13. The Morgan fingerprint density at radius 1 is 0.525 bits per heavy atom. The summed E-state index contributed by atoms with van der Waals surface area (Å²) in [6.45, 7) is 6.51. The second-order valence-electron chi connectivity index (χ2n) is 16.0. The zero-order valence-electron chi connectivity index (χ0n) is 32.9. The number of pyridine rings is 2. The molecule has 0 unspecified atom stereocenters.